The quantitative estimate of drug-likeness (QED) is 0.447. The molecule has 0 bridgehead atoms. The van der Waals surface area contributed by atoms with E-state index in [1.807, 2.05) is 13.0 Å². The molecule has 0 aliphatic carbocycles. The summed E-state index contributed by atoms with van der Waals surface area (Å²) in [5, 5.41) is 8.09. The molecular formula is C22H21FN4O2S. The maximum absolute atomic E-state index is 13.7. The van der Waals surface area contributed by atoms with Crippen molar-refractivity contribution >= 4 is 28.7 Å². The highest BCUT2D eigenvalue weighted by Gasteiger charge is 2.19. The molecule has 3 aromatic heterocycles. The predicted molar refractivity (Wildman–Crippen MR) is 116 cm³/mol. The third-order valence-electron chi connectivity index (χ3n) is 4.73. The number of hydrogen-bond acceptors (Lipinski definition) is 5. The molecule has 0 unspecified atom stereocenters. The molecule has 4 rings (SSSR count). The fraction of sp³-hybridized carbons (Fsp3) is 0.227. The number of aryl methyl sites for hydroxylation is 2. The van der Waals surface area contributed by atoms with Gasteiger partial charge in [-0.15, -0.1) is 0 Å². The van der Waals surface area contributed by atoms with Crippen LogP contribution in [0.5, 0.6) is 0 Å². The number of amides is 1. The van der Waals surface area contributed by atoms with E-state index in [0.717, 1.165) is 11.1 Å². The molecule has 8 heteroatoms. The summed E-state index contributed by atoms with van der Waals surface area (Å²) in [4.78, 5) is 17.6. The monoisotopic (exact) mass is 424 g/mol. The number of furan rings is 1. The number of fused-ring (bicyclic) bond motifs is 1. The molecule has 0 saturated heterocycles. The van der Waals surface area contributed by atoms with Crippen molar-refractivity contribution in [3.05, 3.63) is 71.4 Å². The number of carbonyl (C=O) groups excluding carboxylic acids is 1. The zero-order valence-electron chi connectivity index (χ0n) is 16.7. The van der Waals surface area contributed by atoms with Gasteiger partial charge in [-0.25, -0.2) is 9.37 Å². The minimum absolute atomic E-state index is 0.196. The molecule has 3 heterocycles. The van der Waals surface area contributed by atoms with Gasteiger partial charge in [0.2, 0.25) is 0 Å². The van der Waals surface area contributed by atoms with E-state index in [-0.39, 0.29) is 11.7 Å². The van der Waals surface area contributed by atoms with Gasteiger partial charge in [0.15, 0.2) is 11.4 Å². The smallest absolute Gasteiger partial charge is 0.252 e. The van der Waals surface area contributed by atoms with Gasteiger partial charge in [-0.1, -0.05) is 18.2 Å². The zero-order chi connectivity index (χ0) is 21.1. The maximum atomic E-state index is 13.7. The second-order valence-electron chi connectivity index (χ2n) is 6.84. The van der Waals surface area contributed by atoms with Crippen LogP contribution < -0.4 is 5.32 Å². The third kappa shape index (κ3) is 4.09. The van der Waals surface area contributed by atoms with Gasteiger partial charge in [0.1, 0.15) is 11.5 Å². The molecule has 0 aliphatic rings. The first-order valence-corrected chi connectivity index (χ1v) is 10.7. The Morgan fingerprint density at radius 2 is 2.10 bits per heavy atom. The molecule has 0 radical (unpaired) electrons. The van der Waals surface area contributed by atoms with Gasteiger partial charge in [-0.3, -0.25) is 9.48 Å². The maximum Gasteiger partial charge on any atom is 0.252 e. The zero-order valence-corrected chi connectivity index (χ0v) is 17.5. The third-order valence-corrected chi connectivity index (χ3v) is 5.74. The Morgan fingerprint density at radius 1 is 1.27 bits per heavy atom. The van der Waals surface area contributed by atoms with Crippen LogP contribution >= 0.6 is 11.8 Å². The van der Waals surface area contributed by atoms with E-state index >= 15 is 0 Å². The van der Waals surface area contributed by atoms with Crippen LogP contribution in [0.15, 0.2) is 53.1 Å². The topological polar surface area (TPSA) is 73.0 Å². The van der Waals surface area contributed by atoms with E-state index in [4.69, 9.17) is 4.42 Å². The highest BCUT2D eigenvalue weighted by atomic mass is 32.2. The Kier molecular flexibility index (Phi) is 5.85. The van der Waals surface area contributed by atoms with Crippen LogP contribution in [0.1, 0.15) is 21.6 Å². The first kappa shape index (κ1) is 20.2. The predicted octanol–water partition coefficient (Wildman–Crippen LogP) is 4.34. The van der Waals surface area contributed by atoms with Crippen LogP contribution in [0, 0.1) is 12.7 Å². The number of benzene rings is 1. The first-order valence-electron chi connectivity index (χ1n) is 9.52. The summed E-state index contributed by atoms with van der Waals surface area (Å²) in [6.07, 6.45) is 1.57. The lowest BCUT2D eigenvalue weighted by atomic mass is 10.1. The number of rotatable bonds is 7. The number of hydrogen-bond donors (Lipinski definition) is 1. The van der Waals surface area contributed by atoms with Gasteiger partial charge in [-0.2, -0.15) is 16.9 Å². The van der Waals surface area contributed by atoms with E-state index in [9.17, 15) is 9.18 Å². The molecule has 0 atom stereocenters. The molecule has 1 amide bonds. The first-order chi connectivity index (χ1) is 14.5. The number of pyridine rings is 1. The Balaban J connectivity index is 1.48. The number of thioether (sulfide) groups is 1. The Hall–Kier alpha value is -3.13. The SMILES string of the molecule is Cc1nn(C)c2nc(-c3ccco3)cc(C(=O)NCCSCc3ccccc3F)c12. The molecular weight excluding hydrogens is 403 g/mol. The summed E-state index contributed by atoms with van der Waals surface area (Å²) >= 11 is 1.57. The van der Waals surface area contributed by atoms with Crippen molar-refractivity contribution in [3.8, 4) is 11.5 Å². The molecule has 0 saturated carbocycles. The van der Waals surface area contributed by atoms with Gasteiger partial charge in [0.25, 0.3) is 5.91 Å². The highest BCUT2D eigenvalue weighted by Crippen LogP contribution is 2.27. The average molecular weight is 425 g/mol. The van der Waals surface area contributed by atoms with Gasteiger partial charge in [-0.05, 0) is 36.8 Å². The molecule has 154 valence electrons. The average Bonchev–Trinajstić information content (AvgIpc) is 3.37. The van der Waals surface area contributed by atoms with Crippen LogP contribution in [0.2, 0.25) is 0 Å². The number of nitrogens with zero attached hydrogens (tertiary/aromatic N) is 3. The standard InChI is InChI=1S/C22H21FN4O2S/c1-14-20-16(12-18(19-8-5-10-29-19)25-21(20)27(2)26-14)22(28)24-9-11-30-13-15-6-3-4-7-17(15)23/h3-8,10,12H,9,11,13H2,1-2H3,(H,24,28). The van der Waals surface area contributed by atoms with Crippen molar-refractivity contribution < 1.29 is 13.6 Å². The number of aromatic nitrogens is 3. The summed E-state index contributed by atoms with van der Waals surface area (Å²) in [6.45, 7) is 2.33. The summed E-state index contributed by atoms with van der Waals surface area (Å²) in [5.74, 6) is 1.42. The molecule has 1 aromatic carbocycles. The van der Waals surface area contributed by atoms with Gasteiger partial charge in [0, 0.05) is 25.1 Å². The molecule has 1 N–H and O–H groups in total. The van der Waals surface area contributed by atoms with Gasteiger partial charge >= 0.3 is 0 Å². The second kappa shape index (κ2) is 8.71. The van der Waals surface area contributed by atoms with E-state index in [1.165, 1.54) is 6.07 Å². The lowest BCUT2D eigenvalue weighted by Gasteiger charge is -2.09. The highest BCUT2D eigenvalue weighted by molar-refractivity contribution is 7.98. The normalized spacial score (nSPS) is 11.2. The van der Waals surface area contributed by atoms with E-state index in [2.05, 4.69) is 15.4 Å². The summed E-state index contributed by atoms with van der Waals surface area (Å²) in [5.41, 5.74) is 3.12. The van der Waals surface area contributed by atoms with Crippen molar-refractivity contribution in [2.45, 2.75) is 12.7 Å². The Labute approximate surface area is 177 Å². The fourth-order valence-corrected chi connectivity index (χ4v) is 4.15. The van der Waals surface area contributed by atoms with Crippen LogP contribution in [-0.2, 0) is 12.8 Å². The molecule has 6 nitrogen and oxygen atoms in total. The number of halogens is 1. The van der Waals surface area contributed by atoms with E-state index in [0.29, 0.717) is 46.3 Å². The Morgan fingerprint density at radius 3 is 2.87 bits per heavy atom. The summed E-state index contributed by atoms with van der Waals surface area (Å²) in [6, 6.07) is 12.0. The van der Waals surface area contributed by atoms with Crippen LogP contribution in [0.4, 0.5) is 4.39 Å². The molecule has 0 spiro atoms. The van der Waals surface area contributed by atoms with Crippen molar-refractivity contribution in [1.82, 2.24) is 20.1 Å². The van der Waals surface area contributed by atoms with Crippen molar-refractivity contribution in [2.75, 3.05) is 12.3 Å². The number of carbonyl (C=O) groups is 1. The van der Waals surface area contributed by atoms with Crippen LogP contribution in [0.25, 0.3) is 22.5 Å². The lowest BCUT2D eigenvalue weighted by Crippen LogP contribution is -2.26. The van der Waals surface area contributed by atoms with Crippen LogP contribution in [-0.4, -0.2) is 33.0 Å². The minimum Gasteiger partial charge on any atom is -0.463 e. The number of nitrogens with one attached hydrogen (secondary N) is 1. The van der Waals surface area contributed by atoms with Gasteiger partial charge in [0.05, 0.1) is 22.9 Å². The molecule has 30 heavy (non-hydrogen) atoms. The van der Waals surface area contributed by atoms with Crippen molar-refractivity contribution in [3.63, 3.8) is 0 Å². The van der Waals surface area contributed by atoms with E-state index in [1.54, 1.807) is 60.1 Å². The summed E-state index contributed by atoms with van der Waals surface area (Å²) < 4.78 is 20.8. The largest absolute Gasteiger partial charge is 0.463 e. The molecule has 0 aliphatic heterocycles. The van der Waals surface area contributed by atoms with Gasteiger partial charge < -0.3 is 9.73 Å². The Bertz CT molecular complexity index is 1190. The van der Waals surface area contributed by atoms with Crippen molar-refractivity contribution in [2.24, 2.45) is 7.05 Å². The molecule has 4 aromatic rings. The van der Waals surface area contributed by atoms with Crippen LogP contribution in [0.3, 0.4) is 0 Å². The molecule has 0 fully saturated rings. The summed E-state index contributed by atoms with van der Waals surface area (Å²) in [7, 11) is 1.80. The lowest BCUT2D eigenvalue weighted by molar-refractivity contribution is 0.0957. The van der Waals surface area contributed by atoms with E-state index < -0.39 is 0 Å². The fourth-order valence-electron chi connectivity index (χ4n) is 3.30. The minimum atomic E-state index is -0.203. The van der Waals surface area contributed by atoms with Crippen molar-refractivity contribution in [1.29, 1.82) is 0 Å². The second-order valence-corrected chi connectivity index (χ2v) is 7.95.